The first-order valence-electron chi connectivity index (χ1n) is 5.72. The predicted molar refractivity (Wildman–Crippen MR) is 59.7 cm³/mol. The van der Waals surface area contributed by atoms with Gasteiger partial charge in [-0.1, -0.05) is 19.3 Å². The van der Waals surface area contributed by atoms with E-state index in [1.54, 1.807) is 6.07 Å². The molecule has 1 fully saturated rings. The number of hydrogen-bond donors (Lipinski definition) is 1. The van der Waals surface area contributed by atoms with Gasteiger partial charge in [0.2, 0.25) is 5.88 Å². The van der Waals surface area contributed by atoms with E-state index in [4.69, 9.17) is 10.5 Å². The van der Waals surface area contributed by atoms with Crippen molar-refractivity contribution in [2.24, 2.45) is 5.73 Å². The fraction of sp³-hybridized carbons (Fsp3) is 0.583. The molecule has 1 aliphatic rings. The number of pyridine rings is 1. The third-order valence-electron chi connectivity index (χ3n) is 3.07. The van der Waals surface area contributed by atoms with Crippen LogP contribution in [0.3, 0.4) is 0 Å². The fourth-order valence-corrected chi connectivity index (χ4v) is 2.09. The number of nitrogens with zero attached hydrogens (tertiary/aromatic N) is 1. The maximum Gasteiger partial charge on any atom is 0.250 e. The van der Waals surface area contributed by atoms with E-state index < -0.39 is 5.82 Å². The molecule has 1 saturated carbocycles. The van der Waals surface area contributed by atoms with Crippen molar-refractivity contribution in [1.29, 1.82) is 0 Å². The van der Waals surface area contributed by atoms with Crippen LogP contribution in [-0.4, -0.2) is 17.1 Å². The molecule has 88 valence electrons. The van der Waals surface area contributed by atoms with Crippen LogP contribution < -0.4 is 10.5 Å². The number of halogens is 1. The molecule has 16 heavy (non-hydrogen) atoms. The standard InChI is InChI=1S/C12H17FN2O/c13-10-5-4-8-15-11(10)16-9-12(14)6-2-1-3-7-12/h4-5,8H,1-3,6-7,9,14H2. The summed E-state index contributed by atoms with van der Waals surface area (Å²) in [5, 5.41) is 0. The second-order valence-electron chi connectivity index (χ2n) is 4.50. The van der Waals surface area contributed by atoms with Gasteiger partial charge in [0.1, 0.15) is 6.61 Å². The second kappa shape index (κ2) is 4.78. The summed E-state index contributed by atoms with van der Waals surface area (Å²) in [5.41, 5.74) is 5.88. The van der Waals surface area contributed by atoms with Crippen LogP contribution in [0.2, 0.25) is 0 Å². The zero-order chi connectivity index (χ0) is 11.4. The van der Waals surface area contributed by atoms with Gasteiger partial charge in [-0.05, 0) is 25.0 Å². The minimum atomic E-state index is -0.429. The number of hydrogen-bond acceptors (Lipinski definition) is 3. The Kier molecular flexibility index (Phi) is 3.39. The van der Waals surface area contributed by atoms with Crippen molar-refractivity contribution in [2.45, 2.75) is 37.6 Å². The Labute approximate surface area is 94.8 Å². The van der Waals surface area contributed by atoms with Crippen molar-refractivity contribution >= 4 is 0 Å². The highest BCUT2D eigenvalue weighted by atomic mass is 19.1. The molecule has 0 spiro atoms. The quantitative estimate of drug-likeness (QED) is 0.856. The summed E-state index contributed by atoms with van der Waals surface area (Å²) in [6, 6.07) is 2.88. The SMILES string of the molecule is NC1(COc2ncccc2F)CCCCC1. The predicted octanol–water partition coefficient (Wildman–Crippen LogP) is 2.26. The normalized spacial score (nSPS) is 19.4. The Bertz CT molecular complexity index is 351. The smallest absolute Gasteiger partial charge is 0.250 e. The van der Waals surface area contributed by atoms with Crippen LogP contribution in [-0.2, 0) is 0 Å². The summed E-state index contributed by atoms with van der Waals surface area (Å²) in [4.78, 5) is 3.84. The first-order chi connectivity index (χ1) is 7.70. The zero-order valence-corrected chi connectivity index (χ0v) is 9.29. The maximum absolute atomic E-state index is 13.2. The molecule has 0 radical (unpaired) electrons. The van der Waals surface area contributed by atoms with Gasteiger partial charge in [0.15, 0.2) is 5.82 Å². The Hall–Kier alpha value is -1.16. The van der Waals surface area contributed by atoms with Crippen LogP contribution in [0.4, 0.5) is 4.39 Å². The number of ether oxygens (including phenoxy) is 1. The first kappa shape index (κ1) is 11.3. The molecule has 1 heterocycles. The van der Waals surface area contributed by atoms with Crippen molar-refractivity contribution in [3.8, 4) is 5.88 Å². The highest BCUT2D eigenvalue weighted by molar-refractivity contribution is 5.13. The van der Waals surface area contributed by atoms with Gasteiger partial charge in [0, 0.05) is 6.20 Å². The largest absolute Gasteiger partial charge is 0.474 e. The van der Waals surface area contributed by atoms with E-state index in [-0.39, 0.29) is 11.4 Å². The van der Waals surface area contributed by atoms with Gasteiger partial charge in [0.05, 0.1) is 5.54 Å². The van der Waals surface area contributed by atoms with E-state index in [0.29, 0.717) is 6.61 Å². The van der Waals surface area contributed by atoms with Crippen molar-refractivity contribution in [2.75, 3.05) is 6.61 Å². The molecular weight excluding hydrogens is 207 g/mol. The van der Waals surface area contributed by atoms with Crippen LogP contribution in [0, 0.1) is 5.82 Å². The molecule has 0 aromatic carbocycles. The molecular formula is C12H17FN2O. The number of nitrogens with two attached hydrogens (primary N) is 1. The van der Waals surface area contributed by atoms with Crippen LogP contribution >= 0.6 is 0 Å². The Morgan fingerprint density at radius 1 is 1.38 bits per heavy atom. The van der Waals surface area contributed by atoms with E-state index in [0.717, 1.165) is 25.7 Å². The van der Waals surface area contributed by atoms with Gasteiger partial charge < -0.3 is 10.5 Å². The van der Waals surface area contributed by atoms with Gasteiger partial charge in [-0.2, -0.15) is 0 Å². The first-order valence-corrected chi connectivity index (χ1v) is 5.72. The highest BCUT2D eigenvalue weighted by Gasteiger charge is 2.28. The average Bonchev–Trinajstić information content (AvgIpc) is 2.29. The Balaban J connectivity index is 1.94. The molecule has 2 N–H and O–H groups in total. The van der Waals surface area contributed by atoms with Gasteiger partial charge in [-0.15, -0.1) is 0 Å². The lowest BCUT2D eigenvalue weighted by Crippen LogP contribution is -2.47. The minimum Gasteiger partial charge on any atom is -0.474 e. The van der Waals surface area contributed by atoms with E-state index >= 15 is 0 Å². The highest BCUT2D eigenvalue weighted by Crippen LogP contribution is 2.26. The van der Waals surface area contributed by atoms with Crippen molar-refractivity contribution in [3.05, 3.63) is 24.1 Å². The van der Waals surface area contributed by atoms with E-state index in [9.17, 15) is 4.39 Å². The van der Waals surface area contributed by atoms with Crippen LogP contribution in [0.25, 0.3) is 0 Å². The third kappa shape index (κ3) is 2.70. The van der Waals surface area contributed by atoms with Crippen LogP contribution in [0.15, 0.2) is 18.3 Å². The van der Waals surface area contributed by atoms with E-state index in [2.05, 4.69) is 4.98 Å². The summed E-state index contributed by atoms with van der Waals surface area (Å²) in [7, 11) is 0. The van der Waals surface area contributed by atoms with Gasteiger partial charge in [-0.3, -0.25) is 0 Å². The lowest BCUT2D eigenvalue weighted by molar-refractivity contribution is 0.164. The van der Waals surface area contributed by atoms with E-state index in [1.165, 1.54) is 18.7 Å². The molecule has 0 aliphatic heterocycles. The summed E-state index contributed by atoms with van der Waals surface area (Å²) >= 11 is 0. The number of aromatic nitrogens is 1. The van der Waals surface area contributed by atoms with Crippen molar-refractivity contribution in [3.63, 3.8) is 0 Å². The molecule has 1 aromatic rings. The topological polar surface area (TPSA) is 48.1 Å². The Morgan fingerprint density at radius 2 is 2.12 bits per heavy atom. The van der Waals surface area contributed by atoms with Gasteiger partial charge >= 0.3 is 0 Å². The summed E-state index contributed by atoms with van der Waals surface area (Å²) < 4.78 is 18.6. The van der Waals surface area contributed by atoms with Crippen LogP contribution in [0.1, 0.15) is 32.1 Å². The van der Waals surface area contributed by atoms with Crippen molar-refractivity contribution in [1.82, 2.24) is 4.98 Å². The summed E-state index contributed by atoms with van der Waals surface area (Å²) in [6.07, 6.45) is 6.90. The molecule has 0 bridgehead atoms. The lowest BCUT2D eigenvalue weighted by Gasteiger charge is -2.32. The second-order valence-corrected chi connectivity index (χ2v) is 4.50. The van der Waals surface area contributed by atoms with E-state index in [1.807, 2.05) is 0 Å². The molecule has 0 amide bonds. The third-order valence-corrected chi connectivity index (χ3v) is 3.07. The molecule has 4 heteroatoms. The molecule has 1 aliphatic carbocycles. The minimum absolute atomic E-state index is 0.0536. The Morgan fingerprint density at radius 3 is 2.81 bits per heavy atom. The monoisotopic (exact) mass is 224 g/mol. The molecule has 0 saturated heterocycles. The maximum atomic E-state index is 13.2. The lowest BCUT2D eigenvalue weighted by atomic mass is 9.83. The number of rotatable bonds is 3. The fourth-order valence-electron chi connectivity index (χ4n) is 2.09. The molecule has 3 nitrogen and oxygen atoms in total. The average molecular weight is 224 g/mol. The molecule has 2 rings (SSSR count). The van der Waals surface area contributed by atoms with Gasteiger partial charge in [0.25, 0.3) is 0 Å². The zero-order valence-electron chi connectivity index (χ0n) is 9.29. The molecule has 0 atom stereocenters. The molecule has 0 unspecified atom stereocenters. The van der Waals surface area contributed by atoms with Crippen molar-refractivity contribution < 1.29 is 9.13 Å². The van der Waals surface area contributed by atoms with Gasteiger partial charge in [-0.25, -0.2) is 9.37 Å². The summed E-state index contributed by atoms with van der Waals surface area (Å²) in [6.45, 7) is 0.348. The summed E-state index contributed by atoms with van der Waals surface area (Å²) in [5.74, 6) is -0.375. The molecule has 1 aromatic heterocycles. The van der Waals surface area contributed by atoms with Crippen LogP contribution in [0.5, 0.6) is 5.88 Å².